The third-order valence-electron chi connectivity index (χ3n) is 3.42. The summed E-state index contributed by atoms with van der Waals surface area (Å²) in [5.74, 6) is 0. The van der Waals surface area contributed by atoms with Crippen LogP contribution in [0.3, 0.4) is 0 Å². The number of hydrogen-bond acceptors (Lipinski definition) is 3. The Balaban J connectivity index is 2.19. The molecule has 21 heavy (non-hydrogen) atoms. The average Bonchev–Trinajstić information content (AvgIpc) is 2.51. The van der Waals surface area contributed by atoms with Gasteiger partial charge in [0, 0.05) is 0 Å². The average molecular weight is 306 g/mol. The number of benzene rings is 1. The Kier molecular flexibility index (Phi) is 5.81. The summed E-state index contributed by atoms with van der Waals surface area (Å²) in [6.45, 7) is 2.18. The normalized spacial score (nSPS) is 12.1. The first-order chi connectivity index (χ1) is 10.2. The lowest BCUT2D eigenvalue weighted by atomic mass is 10.0. The standard InChI is InChI=1S/C16H20ClN3O/c1-2-3-5-10-13(12-8-6-4-7-9-12)19-14-11-18-20-16(21)15(14)17/h4,6-9,11,13H,2-3,5,10H2,1H3,(H2,19,20,21). The van der Waals surface area contributed by atoms with E-state index in [4.69, 9.17) is 11.6 Å². The van der Waals surface area contributed by atoms with Crippen LogP contribution in [-0.4, -0.2) is 10.2 Å². The zero-order valence-corrected chi connectivity index (χ0v) is 12.9. The summed E-state index contributed by atoms with van der Waals surface area (Å²) in [6.07, 6.45) is 6.03. The lowest BCUT2D eigenvalue weighted by Crippen LogP contribution is -2.16. The van der Waals surface area contributed by atoms with Crippen LogP contribution in [0.15, 0.2) is 41.3 Å². The molecule has 5 heteroatoms. The van der Waals surface area contributed by atoms with E-state index in [2.05, 4.69) is 34.6 Å². The highest BCUT2D eigenvalue weighted by atomic mass is 35.5. The van der Waals surface area contributed by atoms with Crippen LogP contribution in [0.2, 0.25) is 5.02 Å². The largest absolute Gasteiger partial charge is 0.376 e. The number of nitrogens with one attached hydrogen (secondary N) is 2. The molecule has 2 N–H and O–H groups in total. The van der Waals surface area contributed by atoms with Gasteiger partial charge in [0.05, 0.1) is 17.9 Å². The summed E-state index contributed by atoms with van der Waals surface area (Å²) in [6, 6.07) is 10.3. The number of halogens is 1. The van der Waals surface area contributed by atoms with Crippen molar-refractivity contribution in [1.82, 2.24) is 10.2 Å². The highest BCUT2D eigenvalue weighted by Gasteiger charge is 2.14. The van der Waals surface area contributed by atoms with E-state index < -0.39 is 0 Å². The van der Waals surface area contributed by atoms with Crippen LogP contribution in [0.1, 0.15) is 44.2 Å². The predicted molar refractivity (Wildman–Crippen MR) is 86.8 cm³/mol. The van der Waals surface area contributed by atoms with E-state index in [1.165, 1.54) is 18.4 Å². The van der Waals surface area contributed by atoms with Crippen molar-refractivity contribution in [3.8, 4) is 0 Å². The molecular weight excluding hydrogens is 286 g/mol. The van der Waals surface area contributed by atoms with Gasteiger partial charge >= 0.3 is 0 Å². The lowest BCUT2D eigenvalue weighted by Gasteiger charge is -2.20. The van der Waals surface area contributed by atoms with Gasteiger partial charge in [-0.1, -0.05) is 68.1 Å². The number of H-pyrrole nitrogens is 1. The second-order valence-electron chi connectivity index (χ2n) is 5.03. The molecule has 0 aliphatic rings. The fourth-order valence-electron chi connectivity index (χ4n) is 2.28. The Hall–Kier alpha value is -1.81. The van der Waals surface area contributed by atoms with E-state index in [0.717, 1.165) is 12.8 Å². The van der Waals surface area contributed by atoms with Crippen LogP contribution in [0.4, 0.5) is 5.69 Å². The summed E-state index contributed by atoms with van der Waals surface area (Å²) < 4.78 is 0. The van der Waals surface area contributed by atoms with Crippen LogP contribution in [-0.2, 0) is 0 Å². The summed E-state index contributed by atoms with van der Waals surface area (Å²) in [5, 5.41) is 9.63. The molecule has 0 amide bonds. The Bertz CT molecular complexity index is 612. The van der Waals surface area contributed by atoms with Crippen molar-refractivity contribution in [3.63, 3.8) is 0 Å². The maximum Gasteiger partial charge on any atom is 0.285 e. The van der Waals surface area contributed by atoms with Gasteiger partial charge in [-0.15, -0.1) is 0 Å². The van der Waals surface area contributed by atoms with Crippen molar-refractivity contribution in [3.05, 3.63) is 57.5 Å². The van der Waals surface area contributed by atoms with Crippen LogP contribution in [0.5, 0.6) is 0 Å². The van der Waals surface area contributed by atoms with Gasteiger partial charge < -0.3 is 5.32 Å². The van der Waals surface area contributed by atoms with E-state index in [1.807, 2.05) is 18.2 Å². The van der Waals surface area contributed by atoms with Crippen LogP contribution < -0.4 is 10.9 Å². The quantitative estimate of drug-likeness (QED) is 0.755. The Morgan fingerprint density at radius 3 is 2.76 bits per heavy atom. The van der Waals surface area contributed by atoms with Gasteiger partial charge in [0.15, 0.2) is 0 Å². The van der Waals surface area contributed by atoms with E-state index in [-0.39, 0.29) is 16.6 Å². The molecular formula is C16H20ClN3O. The SMILES string of the molecule is CCCCCC(Nc1cn[nH]c(=O)c1Cl)c1ccccc1. The Morgan fingerprint density at radius 1 is 1.29 bits per heavy atom. The van der Waals surface area contributed by atoms with Crippen molar-refractivity contribution in [2.24, 2.45) is 0 Å². The minimum atomic E-state index is -0.373. The molecule has 0 radical (unpaired) electrons. The molecule has 1 unspecified atom stereocenters. The number of anilines is 1. The highest BCUT2D eigenvalue weighted by molar-refractivity contribution is 6.32. The minimum absolute atomic E-state index is 0.124. The second kappa shape index (κ2) is 7.84. The summed E-state index contributed by atoms with van der Waals surface area (Å²) >= 11 is 6.04. The van der Waals surface area contributed by atoms with Crippen LogP contribution in [0.25, 0.3) is 0 Å². The molecule has 0 fully saturated rings. The number of nitrogens with zero attached hydrogens (tertiary/aromatic N) is 1. The first-order valence-corrected chi connectivity index (χ1v) is 7.64. The molecule has 0 saturated heterocycles. The van der Waals surface area contributed by atoms with Crippen molar-refractivity contribution in [1.29, 1.82) is 0 Å². The summed E-state index contributed by atoms with van der Waals surface area (Å²) in [4.78, 5) is 11.5. The molecule has 112 valence electrons. The lowest BCUT2D eigenvalue weighted by molar-refractivity contribution is 0.606. The first kappa shape index (κ1) is 15.6. The Morgan fingerprint density at radius 2 is 2.05 bits per heavy atom. The molecule has 2 aromatic rings. The van der Waals surface area contributed by atoms with Gasteiger partial charge in [0.2, 0.25) is 0 Å². The molecule has 0 aliphatic carbocycles. The number of aromatic nitrogens is 2. The van der Waals surface area contributed by atoms with Crippen molar-refractivity contribution in [2.75, 3.05) is 5.32 Å². The van der Waals surface area contributed by atoms with Crippen molar-refractivity contribution < 1.29 is 0 Å². The number of aromatic amines is 1. The molecule has 1 heterocycles. The predicted octanol–water partition coefficient (Wildman–Crippen LogP) is 4.16. The fraction of sp³-hybridized carbons (Fsp3) is 0.375. The number of hydrogen-bond donors (Lipinski definition) is 2. The third-order valence-corrected chi connectivity index (χ3v) is 3.80. The van der Waals surface area contributed by atoms with Gasteiger partial charge in [-0.25, -0.2) is 5.10 Å². The van der Waals surface area contributed by atoms with E-state index in [9.17, 15) is 4.79 Å². The first-order valence-electron chi connectivity index (χ1n) is 7.27. The smallest absolute Gasteiger partial charge is 0.285 e. The maximum absolute atomic E-state index is 11.5. The minimum Gasteiger partial charge on any atom is -0.376 e. The number of rotatable bonds is 7. The molecule has 1 aromatic carbocycles. The second-order valence-corrected chi connectivity index (χ2v) is 5.41. The van der Waals surface area contributed by atoms with E-state index in [0.29, 0.717) is 5.69 Å². The molecule has 0 spiro atoms. The molecule has 4 nitrogen and oxygen atoms in total. The third kappa shape index (κ3) is 4.33. The molecule has 1 atom stereocenters. The molecule has 0 bridgehead atoms. The van der Waals surface area contributed by atoms with Gasteiger partial charge in [-0.2, -0.15) is 5.10 Å². The maximum atomic E-state index is 11.5. The van der Waals surface area contributed by atoms with Crippen LogP contribution >= 0.6 is 11.6 Å². The topological polar surface area (TPSA) is 57.8 Å². The van der Waals surface area contributed by atoms with Gasteiger partial charge in [0.1, 0.15) is 5.02 Å². The van der Waals surface area contributed by atoms with E-state index >= 15 is 0 Å². The summed E-state index contributed by atoms with van der Waals surface area (Å²) in [5.41, 5.74) is 1.39. The molecule has 0 saturated carbocycles. The van der Waals surface area contributed by atoms with Crippen LogP contribution in [0, 0.1) is 0 Å². The highest BCUT2D eigenvalue weighted by Crippen LogP contribution is 2.26. The van der Waals surface area contributed by atoms with Crippen molar-refractivity contribution in [2.45, 2.75) is 38.6 Å². The zero-order valence-electron chi connectivity index (χ0n) is 12.1. The summed E-state index contributed by atoms with van der Waals surface area (Å²) in [7, 11) is 0. The monoisotopic (exact) mass is 305 g/mol. The Labute approximate surface area is 129 Å². The van der Waals surface area contributed by atoms with Gasteiger partial charge in [0.25, 0.3) is 5.56 Å². The van der Waals surface area contributed by atoms with E-state index in [1.54, 1.807) is 6.20 Å². The molecule has 2 rings (SSSR count). The fourth-order valence-corrected chi connectivity index (χ4v) is 2.42. The van der Waals surface area contributed by atoms with Crippen molar-refractivity contribution >= 4 is 17.3 Å². The zero-order chi connectivity index (χ0) is 15.1. The molecule has 1 aromatic heterocycles. The molecule has 0 aliphatic heterocycles. The van der Waals surface area contributed by atoms with Gasteiger partial charge in [-0.3, -0.25) is 4.79 Å². The number of unbranched alkanes of at least 4 members (excludes halogenated alkanes) is 2. The van der Waals surface area contributed by atoms with Gasteiger partial charge in [-0.05, 0) is 12.0 Å².